The molecular weight excluding hydrogens is 368 g/mol. The number of methoxy groups -OCH3 is 2. The molecule has 0 N–H and O–H groups in total. The molecule has 6 heteroatoms. The van der Waals surface area contributed by atoms with Crippen LogP contribution in [0.3, 0.4) is 0 Å². The van der Waals surface area contributed by atoms with Gasteiger partial charge in [0.05, 0.1) is 19.6 Å². The van der Waals surface area contributed by atoms with Crippen LogP contribution in [-0.4, -0.2) is 62.0 Å². The van der Waals surface area contributed by atoms with Crippen LogP contribution in [0.15, 0.2) is 48.5 Å². The van der Waals surface area contributed by atoms with Crippen molar-refractivity contribution in [2.45, 2.75) is 19.3 Å². The number of carbonyl (C=O) groups excluding carboxylic acids is 2. The summed E-state index contributed by atoms with van der Waals surface area (Å²) in [6.07, 6.45) is 0. The average molecular weight is 396 g/mol. The van der Waals surface area contributed by atoms with Gasteiger partial charge < -0.3 is 19.3 Å². The van der Waals surface area contributed by atoms with E-state index in [-0.39, 0.29) is 11.8 Å². The first-order valence-electron chi connectivity index (χ1n) is 9.74. The second kappa shape index (κ2) is 8.55. The lowest BCUT2D eigenvalue weighted by Crippen LogP contribution is -2.54. The minimum absolute atomic E-state index is 0.0691. The lowest BCUT2D eigenvalue weighted by Gasteiger charge is -2.38. The first-order valence-corrected chi connectivity index (χ1v) is 9.74. The molecule has 1 heterocycles. The highest BCUT2D eigenvalue weighted by Crippen LogP contribution is 2.29. The predicted octanol–water partition coefficient (Wildman–Crippen LogP) is 2.97. The fraction of sp³-hybridized carbons (Fsp3) is 0.391. The third-order valence-electron chi connectivity index (χ3n) is 5.51. The summed E-state index contributed by atoms with van der Waals surface area (Å²) < 4.78 is 10.5. The quantitative estimate of drug-likeness (QED) is 0.780. The van der Waals surface area contributed by atoms with Gasteiger partial charge in [-0.25, -0.2) is 0 Å². The smallest absolute Gasteiger partial charge is 0.254 e. The number of ether oxygens (including phenoxy) is 2. The summed E-state index contributed by atoms with van der Waals surface area (Å²) in [5.41, 5.74) is 0.942. The second-order valence-corrected chi connectivity index (χ2v) is 7.65. The molecule has 0 unspecified atom stereocenters. The Morgan fingerprint density at radius 2 is 1.41 bits per heavy atom. The molecule has 0 spiro atoms. The van der Waals surface area contributed by atoms with E-state index in [9.17, 15) is 9.59 Å². The molecule has 6 nitrogen and oxygen atoms in total. The van der Waals surface area contributed by atoms with E-state index in [4.69, 9.17) is 9.47 Å². The van der Waals surface area contributed by atoms with E-state index in [1.54, 1.807) is 37.3 Å². The van der Waals surface area contributed by atoms with Crippen LogP contribution in [0.25, 0.3) is 0 Å². The maximum absolute atomic E-state index is 13.1. The Morgan fingerprint density at radius 1 is 0.828 bits per heavy atom. The second-order valence-electron chi connectivity index (χ2n) is 7.65. The van der Waals surface area contributed by atoms with Gasteiger partial charge in [0.1, 0.15) is 0 Å². The molecule has 1 aliphatic rings. The minimum atomic E-state index is -0.600. The number of amides is 2. The number of rotatable bonds is 5. The van der Waals surface area contributed by atoms with E-state index >= 15 is 0 Å². The Labute approximate surface area is 172 Å². The van der Waals surface area contributed by atoms with Crippen molar-refractivity contribution in [2.75, 3.05) is 40.4 Å². The number of carbonyl (C=O) groups is 2. The molecule has 1 fully saturated rings. The Hall–Kier alpha value is -3.02. The van der Waals surface area contributed by atoms with Crippen molar-refractivity contribution in [1.29, 1.82) is 0 Å². The van der Waals surface area contributed by atoms with Gasteiger partial charge in [-0.3, -0.25) is 9.59 Å². The number of hydrogen-bond donors (Lipinski definition) is 0. The summed E-state index contributed by atoms with van der Waals surface area (Å²) in [5.74, 6) is 1.13. The third-order valence-corrected chi connectivity index (χ3v) is 5.51. The molecule has 2 aromatic rings. The summed E-state index contributed by atoms with van der Waals surface area (Å²) in [6, 6.07) is 15.0. The molecule has 0 radical (unpaired) electrons. The summed E-state index contributed by atoms with van der Waals surface area (Å²) in [5, 5.41) is 0. The highest BCUT2D eigenvalue weighted by atomic mass is 16.5. The van der Waals surface area contributed by atoms with Crippen LogP contribution < -0.4 is 9.47 Å². The highest BCUT2D eigenvalue weighted by Gasteiger charge is 2.35. The Kier molecular flexibility index (Phi) is 6.11. The molecule has 2 amide bonds. The lowest BCUT2D eigenvalue weighted by molar-refractivity contribution is -0.137. The molecule has 0 saturated carbocycles. The van der Waals surface area contributed by atoms with Gasteiger partial charge in [0.2, 0.25) is 5.91 Å². The van der Waals surface area contributed by atoms with E-state index in [0.29, 0.717) is 43.2 Å². The van der Waals surface area contributed by atoms with Crippen molar-refractivity contribution in [3.05, 3.63) is 59.7 Å². The molecule has 3 rings (SSSR count). The predicted molar refractivity (Wildman–Crippen MR) is 111 cm³/mol. The molecule has 154 valence electrons. The minimum Gasteiger partial charge on any atom is -0.493 e. The van der Waals surface area contributed by atoms with E-state index in [2.05, 4.69) is 0 Å². The van der Waals surface area contributed by atoms with Gasteiger partial charge in [0, 0.05) is 31.7 Å². The first kappa shape index (κ1) is 20.7. The van der Waals surface area contributed by atoms with E-state index in [1.807, 2.05) is 49.1 Å². The largest absolute Gasteiger partial charge is 0.493 e. The monoisotopic (exact) mass is 396 g/mol. The van der Waals surface area contributed by atoms with E-state index in [1.165, 1.54) is 0 Å². The van der Waals surface area contributed by atoms with Crippen LogP contribution in [0.5, 0.6) is 11.5 Å². The molecule has 0 atom stereocenters. The zero-order valence-electron chi connectivity index (χ0n) is 17.5. The van der Waals surface area contributed by atoms with Crippen LogP contribution in [-0.2, 0) is 10.2 Å². The van der Waals surface area contributed by atoms with Gasteiger partial charge in [0.15, 0.2) is 11.5 Å². The van der Waals surface area contributed by atoms with Crippen LogP contribution in [0.1, 0.15) is 29.8 Å². The van der Waals surface area contributed by atoms with Gasteiger partial charge in [-0.15, -0.1) is 0 Å². The number of nitrogens with zero attached hydrogens (tertiary/aromatic N) is 2. The summed E-state index contributed by atoms with van der Waals surface area (Å²) in [7, 11) is 3.11. The Balaban J connectivity index is 1.66. The summed E-state index contributed by atoms with van der Waals surface area (Å²) in [6.45, 7) is 5.95. The number of piperazine rings is 1. The van der Waals surface area contributed by atoms with Crippen molar-refractivity contribution >= 4 is 11.8 Å². The van der Waals surface area contributed by atoms with Crippen molar-refractivity contribution in [3.63, 3.8) is 0 Å². The number of benzene rings is 2. The zero-order chi connectivity index (χ0) is 21.0. The fourth-order valence-corrected chi connectivity index (χ4v) is 3.64. The van der Waals surface area contributed by atoms with E-state index in [0.717, 1.165) is 5.56 Å². The van der Waals surface area contributed by atoms with Gasteiger partial charge in [-0.2, -0.15) is 0 Å². The average Bonchev–Trinajstić information content (AvgIpc) is 2.78. The van der Waals surface area contributed by atoms with Crippen molar-refractivity contribution < 1.29 is 19.1 Å². The van der Waals surface area contributed by atoms with Gasteiger partial charge in [0.25, 0.3) is 5.91 Å². The van der Waals surface area contributed by atoms with Crippen LogP contribution >= 0.6 is 0 Å². The zero-order valence-corrected chi connectivity index (χ0v) is 17.5. The van der Waals surface area contributed by atoms with Crippen LogP contribution in [0.4, 0.5) is 0 Å². The van der Waals surface area contributed by atoms with Gasteiger partial charge in [-0.1, -0.05) is 30.3 Å². The maximum atomic E-state index is 13.1. The molecule has 0 aliphatic carbocycles. The highest BCUT2D eigenvalue weighted by molar-refractivity contribution is 5.95. The standard InChI is InChI=1S/C23H28N2O4/c1-23(2,18-8-6-5-7-9-18)22(27)25-14-12-24(13-15-25)21(26)17-10-11-19(28-3)20(16-17)29-4/h5-11,16H,12-15H2,1-4H3. The topological polar surface area (TPSA) is 59.1 Å². The molecule has 0 aromatic heterocycles. The molecule has 1 saturated heterocycles. The van der Waals surface area contributed by atoms with Crippen LogP contribution in [0, 0.1) is 0 Å². The van der Waals surface area contributed by atoms with Crippen molar-refractivity contribution in [3.8, 4) is 11.5 Å². The molecule has 2 aromatic carbocycles. The molecular formula is C23H28N2O4. The maximum Gasteiger partial charge on any atom is 0.254 e. The SMILES string of the molecule is COc1ccc(C(=O)N2CCN(C(=O)C(C)(C)c3ccccc3)CC2)cc1OC. The lowest BCUT2D eigenvalue weighted by atomic mass is 9.83. The fourth-order valence-electron chi connectivity index (χ4n) is 3.64. The van der Waals surface area contributed by atoms with Crippen molar-refractivity contribution in [1.82, 2.24) is 9.80 Å². The normalized spacial score (nSPS) is 14.5. The van der Waals surface area contributed by atoms with Crippen molar-refractivity contribution in [2.24, 2.45) is 0 Å². The van der Waals surface area contributed by atoms with Gasteiger partial charge >= 0.3 is 0 Å². The van der Waals surface area contributed by atoms with Gasteiger partial charge in [-0.05, 0) is 37.6 Å². The number of hydrogen-bond acceptors (Lipinski definition) is 4. The Morgan fingerprint density at radius 3 is 2.00 bits per heavy atom. The van der Waals surface area contributed by atoms with Crippen LogP contribution in [0.2, 0.25) is 0 Å². The first-order chi connectivity index (χ1) is 13.9. The Bertz CT molecular complexity index is 872. The molecule has 1 aliphatic heterocycles. The molecule has 0 bridgehead atoms. The summed E-state index contributed by atoms with van der Waals surface area (Å²) in [4.78, 5) is 29.6. The third kappa shape index (κ3) is 4.21. The summed E-state index contributed by atoms with van der Waals surface area (Å²) >= 11 is 0. The molecule has 29 heavy (non-hydrogen) atoms. The van der Waals surface area contributed by atoms with E-state index < -0.39 is 5.41 Å².